The predicted molar refractivity (Wildman–Crippen MR) is 178 cm³/mol. The standard InChI is InChI=1S/C36H44F3N5O4/c1-24-5-7-27(21-31(24)26-8-10-30(11-9-26)47-36(37,38)39)33(45)41-28-13-17-43(18-14-28)23-25-6-12-32(40-22-25)44-19-15-29(16-20-44)42-34(46)48-35(2,3)4/h5-12,21-22,28-29H,13-20,23H2,1-4H3,(H,41,45)(H,42,46). The van der Waals surface area contributed by atoms with Crippen LogP contribution in [0.2, 0.25) is 0 Å². The molecule has 0 bridgehead atoms. The summed E-state index contributed by atoms with van der Waals surface area (Å²) in [6.07, 6.45) is 0.114. The molecule has 2 saturated heterocycles. The fourth-order valence-corrected chi connectivity index (χ4v) is 6.10. The maximum absolute atomic E-state index is 13.2. The van der Waals surface area contributed by atoms with E-state index in [-0.39, 0.29) is 29.8 Å². The summed E-state index contributed by atoms with van der Waals surface area (Å²) in [5.41, 5.74) is 3.50. The number of pyridine rings is 1. The highest BCUT2D eigenvalue weighted by Crippen LogP contribution is 2.29. The van der Waals surface area contributed by atoms with Crippen LogP contribution in [0.5, 0.6) is 5.75 Å². The van der Waals surface area contributed by atoms with Gasteiger partial charge < -0.3 is 25.0 Å². The number of aryl methyl sites for hydroxylation is 1. The third-order valence-corrected chi connectivity index (χ3v) is 8.58. The van der Waals surface area contributed by atoms with Gasteiger partial charge in [0.15, 0.2) is 0 Å². The molecule has 0 spiro atoms. The number of carbonyl (C=O) groups excluding carboxylic acids is 2. The molecule has 0 unspecified atom stereocenters. The van der Waals surface area contributed by atoms with Crippen LogP contribution in [0.1, 0.15) is 67.9 Å². The smallest absolute Gasteiger partial charge is 0.444 e. The maximum atomic E-state index is 13.2. The molecule has 5 rings (SSSR count). The minimum atomic E-state index is -4.75. The van der Waals surface area contributed by atoms with E-state index in [0.29, 0.717) is 11.1 Å². The average Bonchev–Trinajstić information content (AvgIpc) is 3.02. The van der Waals surface area contributed by atoms with Crippen LogP contribution >= 0.6 is 0 Å². The van der Waals surface area contributed by atoms with Gasteiger partial charge in [-0.2, -0.15) is 0 Å². The van der Waals surface area contributed by atoms with Gasteiger partial charge in [0, 0.05) is 56.6 Å². The van der Waals surface area contributed by atoms with E-state index in [9.17, 15) is 22.8 Å². The Labute approximate surface area is 279 Å². The summed E-state index contributed by atoms with van der Waals surface area (Å²) in [7, 11) is 0. The molecular weight excluding hydrogens is 623 g/mol. The van der Waals surface area contributed by atoms with Crippen molar-refractivity contribution in [1.29, 1.82) is 0 Å². The van der Waals surface area contributed by atoms with Crippen LogP contribution < -0.4 is 20.3 Å². The molecule has 48 heavy (non-hydrogen) atoms. The van der Waals surface area contributed by atoms with Crippen LogP contribution in [-0.4, -0.2) is 72.1 Å². The fourth-order valence-electron chi connectivity index (χ4n) is 6.10. The average molecular weight is 668 g/mol. The third-order valence-electron chi connectivity index (χ3n) is 8.58. The summed E-state index contributed by atoms with van der Waals surface area (Å²) in [6, 6.07) is 15.4. The molecule has 2 N–H and O–H groups in total. The monoisotopic (exact) mass is 667 g/mol. The third kappa shape index (κ3) is 10.1. The van der Waals surface area contributed by atoms with E-state index in [2.05, 4.69) is 37.3 Å². The highest BCUT2D eigenvalue weighted by Gasteiger charge is 2.31. The zero-order valence-electron chi connectivity index (χ0n) is 27.9. The molecule has 2 aliphatic heterocycles. The van der Waals surface area contributed by atoms with Crippen molar-refractivity contribution >= 4 is 17.8 Å². The Kier molecular flexibility index (Phi) is 10.8. The number of benzene rings is 2. The first kappa shape index (κ1) is 35.0. The van der Waals surface area contributed by atoms with Gasteiger partial charge >= 0.3 is 12.5 Å². The van der Waals surface area contributed by atoms with E-state index < -0.39 is 12.0 Å². The Morgan fingerprint density at radius 3 is 2.12 bits per heavy atom. The van der Waals surface area contributed by atoms with Crippen molar-refractivity contribution in [3.05, 3.63) is 77.5 Å². The topological polar surface area (TPSA) is 96.0 Å². The number of rotatable bonds is 8. The molecule has 0 radical (unpaired) electrons. The van der Waals surface area contributed by atoms with Crippen LogP contribution in [0.3, 0.4) is 0 Å². The van der Waals surface area contributed by atoms with Gasteiger partial charge in [-0.25, -0.2) is 9.78 Å². The number of alkyl carbamates (subject to hydrolysis) is 1. The lowest BCUT2D eigenvalue weighted by molar-refractivity contribution is -0.274. The minimum Gasteiger partial charge on any atom is -0.444 e. The minimum absolute atomic E-state index is 0.0468. The summed E-state index contributed by atoms with van der Waals surface area (Å²) in [5.74, 6) is 0.471. The Balaban J connectivity index is 1.06. The molecule has 3 aromatic rings. The van der Waals surface area contributed by atoms with Crippen molar-refractivity contribution in [3.8, 4) is 16.9 Å². The molecule has 2 aliphatic rings. The summed E-state index contributed by atoms with van der Waals surface area (Å²) >= 11 is 0. The maximum Gasteiger partial charge on any atom is 0.573 e. The van der Waals surface area contributed by atoms with E-state index in [0.717, 1.165) is 80.9 Å². The Morgan fingerprint density at radius 1 is 0.875 bits per heavy atom. The molecule has 2 amide bonds. The van der Waals surface area contributed by atoms with Crippen molar-refractivity contribution in [2.45, 2.75) is 84.0 Å². The second kappa shape index (κ2) is 14.8. The second-order valence-electron chi connectivity index (χ2n) is 13.6. The van der Waals surface area contributed by atoms with Crippen LogP contribution in [0.15, 0.2) is 60.8 Å². The Bertz CT molecular complexity index is 1540. The van der Waals surface area contributed by atoms with E-state index in [4.69, 9.17) is 9.72 Å². The number of nitrogens with one attached hydrogen (secondary N) is 2. The SMILES string of the molecule is Cc1ccc(C(=O)NC2CCN(Cc3ccc(N4CCC(NC(=O)OC(C)(C)C)CC4)nc3)CC2)cc1-c1ccc(OC(F)(F)F)cc1. The lowest BCUT2D eigenvalue weighted by atomic mass is 9.97. The molecule has 0 aliphatic carbocycles. The van der Waals surface area contributed by atoms with Gasteiger partial charge in [0.1, 0.15) is 17.2 Å². The van der Waals surface area contributed by atoms with Crippen LogP contribution in [0.25, 0.3) is 11.1 Å². The van der Waals surface area contributed by atoms with Crippen LogP contribution in [0.4, 0.5) is 23.8 Å². The van der Waals surface area contributed by atoms with Crippen molar-refractivity contribution < 1.29 is 32.2 Å². The number of piperidine rings is 2. The number of hydrogen-bond acceptors (Lipinski definition) is 7. The first-order valence-corrected chi connectivity index (χ1v) is 16.4. The Hall–Kier alpha value is -4.32. The Morgan fingerprint density at radius 2 is 1.52 bits per heavy atom. The van der Waals surface area contributed by atoms with E-state index in [1.807, 2.05) is 40.0 Å². The van der Waals surface area contributed by atoms with Gasteiger partial charge in [0.2, 0.25) is 0 Å². The summed E-state index contributed by atoms with van der Waals surface area (Å²) in [4.78, 5) is 34.6. The van der Waals surface area contributed by atoms with Crippen LogP contribution in [0, 0.1) is 6.92 Å². The quantitative estimate of drug-likeness (QED) is 0.272. The lowest BCUT2D eigenvalue weighted by Gasteiger charge is -2.34. The van der Waals surface area contributed by atoms with Gasteiger partial charge in [-0.1, -0.05) is 24.3 Å². The largest absolute Gasteiger partial charge is 0.573 e. The van der Waals surface area contributed by atoms with Crippen molar-refractivity contribution in [2.24, 2.45) is 0 Å². The highest BCUT2D eigenvalue weighted by atomic mass is 19.4. The van der Waals surface area contributed by atoms with Crippen molar-refractivity contribution in [3.63, 3.8) is 0 Å². The number of carbonyl (C=O) groups is 2. The van der Waals surface area contributed by atoms with Crippen LogP contribution in [-0.2, 0) is 11.3 Å². The summed E-state index contributed by atoms with van der Waals surface area (Å²) in [6.45, 7) is 11.5. The molecule has 258 valence electrons. The number of halogens is 3. The predicted octanol–water partition coefficient (Wildman–Crippen LogP) is 6.84. The van der Waals surface area contributed by atoms with Gasteiger partial charge in [-0.3, -0.25) is 9.69 Å². The number of anilines is 1. The first-order valence-electron chi connectivity index (χ1n) is 16.4. The molecular formula is C36H44F3N5O4. The summed E-state index contributed by atoms with van der Waals surface area (Å²) < 4.78 is 47.0. The molecule has 1 aromatic heterocycles. The first-order chi connectivity index (χ1) is 22.7. The van der Waals surface area contributed by atoms with Gasteiger partial charge in [0.25, 0.3) is 5.91 Å². The molecule has 0 atom stereocenters. The number of hydrogen-bond donors (Lipinski definition) is 2. The summed E-state index contributed by atoms with van der Waals surface area (Å²) in [5, 5.41) is 6.13. The van der Waals surface area contributed by atoms with Gasteiger partial charge in [0.05, 0.1) is 0 Å². The number of likely N-dealkylation sites (tertiary alicyclic amines) is 1. The second-order valence-corrected chi connectivity index (χ2v) is 13.6. The van der Waals surface area contributed by atoms with Crippen molar-refractivity contribution in [2.75, 3.05) is 31.1 Å². The number of amides is 2. The van der Waals surface area contributed by atoms with Crippen molar-refractivity contribution in [1.82, 2.24) is 20.5 Å². The molecule has 3 heterocycles. The number of aromatic nitrogens is 1. The van der Waals surface area contributed by atoms with Gasteiger partial charge in [-0.15, -0.1) is 13.2 Å². The molecule has 12 heteroatoms. The highest BCUT2D eigenvalue weighted by molar-refractivity contribution is 5.96. The van der Waals surface area contributed by atoms with Gasteiger partial charge in [-0.05, 0) is 106 Å². The molecule has 9 nitrogen and oxygen atoms in total. The van der Waals surface area contributed by atoms with E-state index in [1.165, 1.54) is 12.1 Å². The van der Waals surface area contributed by atoms with E-state index in [1.54, 1.807) is 24.3 Å². The zero-order chi connectivity index (χ0) is 34.5. The number of nitrogens with zero attached hydrogens (tertiary/aromatic N) is 3. The number of ether oxygens (including phenoxy) is 2. The normalized spacial score (nSPS) is 16.8. The van der Waals surface area contributed by atoms with E-state index >= 15 is 0 Å². The zero-order valence-corrected chi connectivity index (χ0v) is 27.9. The molecule has 2 aromatic carbocycles. The molecule has 0 saturated carbocycles. The molecule has 2 fully saturated rings. The lowest BCUT2D eigenvalue weighted by Crippen LogP contribution is -2.46. The number of alkyl halides is 3. The fraction of sp³-hybridized carbons (Fsp3) is 0.472.